The second-order valence-corrected chi connectivity index (χ2v) is 4.82. The van der Waals surface area contributed by atoms with Crippen molar-refractivity contribution in [1.29, 1.82) is 0 Å². The maximum Gasteiger partial charge on any atom is -0.00862 e. The van der Waals surface area contributed by atoms with Crippen LogP contribution in [-0.4, -0.2) is 0 Å². The summed E-state index contributed by atoms with van der Waals surface area (Å²) in [5.41, 5.74) is 0. The molecule has 12 heavy (non-hydrogen) atoms. The van der Waals surface area contributed by atoms with Gasteiger partial charge in [0, 0.05) is 0 Å². The lowest BCUT2D eigenvalue weighted by Gasteiger charge is -2.07. The van der Waals surface area contributed by atoms with Crippen LogP contribution in [0.4, 0.5) is 0 Å². The Bertz CT molecular complexity index is 149. The highest BCUT2D eigenvalue weighted by Crippen LogP contribution is 2.32. The number of halogens is 1. The highest BCUT2D eigenvalue weighted by atomic mass is 79.9. The van der Waals surface area contributed by atoms with Crippen molar-refractivity contribution in [3.8, 4) is 0 Å². The van der Waals surface area contributed by atoms with Gasteiger partial charge in [0.15, 0.2) is 0 Å². The van der Waals surface area contributed by atoms with Crippen LogP contribution in [-0.2, 0) is 0 Å². The van der Waals surface area contributed by atoms with E-state index in [0.29, 0.717) is 0 Å². The van der Waals surface area contributed by atoms with E-state index in [1.54, 1.807) is 0 Å². The van der Waals surface area contributed by atoms with Crippen LogP contribution >= 0.6 is 15.9 Å². The van der Waals surface area contributed by atoms with Crippen molar-refractivity contribution in [2.45, 2.75) is 51.9 Å². The highest BCUT2D eigenvalue weighted by molar-refractivity contribution is 9.11. The smallest absolute Gasteiger partial charge is 0.00862 e. The second-order valence-electron chi connectivity index (χ2n) is 3.81. The third-order valence-electron chi connectivity index (χ3n) is 2.62. The lowest BCUT2D eigenvalue weighted by Crippen LogP contribution is -1.93. The zero-order valence-electron chi connectivity index (χ0n) is 7.98. The molecule has 0 fully saturated rings. The number of hydrogen-bond acceptors (Lipinski definition) is 0. The molecule has 0 bridgehead atoms. The van der Waals surface area contributed by atoms with Gasteiger partial charge in [-0.1, -0.05) is 54.6 Å². The van der Waals surface area contributed by atoms with E-state index in [1.165, 1.54) is 49.4 Å². The van der Waals surface area contributed by atoms with Crippen molar-refractivity contribution in [3.05, 3.63) is 10.6 Å². The van der Waals surface area contributed by atoms with Crippen LogP contribution in [0.5, 0.6) is 0 Å². The predicted molar refractivity (Wildman–Crippen MR) is 58.5 cm³/mol. The first-order valence-corrected chi connectivity index (χ1v) is 5.96. The standard InChI is InChI=1S/C11H19Br/c1-2-3-4-5-6-10-7-8-11(12)9-10/h8,10H,2-7,9H2,1H3. The minimum Gasteiger partial charge on any atom is -0.0741 e. The van der Waals surface area contributed by atoms with Crippen LogP contribution in [0.1, 0.15) is 51.9 Å². The molecule has 1 atom stereocenters. The first kappa shape index (κ1) is 10.3. The number of hydrogen-bond donors (Lipinski definition) is 0. The third kappa shape index (κ3) is 3.75. The summed E-state index contributed by atoms with van der Waals surface area (Å²) < 4.78 is 1.43. The van der Waals surface area contributed by atoms with Crippen molar-refractivity contribution in [3.63, 3.8) is 0 Å². The van der Waals surface area contributed by atoms with Gasteiger partial charge in [0.2, 0.25) is 0 Å². The molecular formula is C11H19Br. The Labute approximate surface area is 84.6 Å². The van der Waals surface area contributed by atoms with E-state index < -0.39 is 0 Å². The zero-order valence-corrected chi connectivity index (χ0v) is 9.57. The minimum absolute atomic E-state index is 0.955. The molecule has 1 aliphatic rings. The van der Waals surface area contributed by atoms with Gasteiger partial charge in [0.05, 0.1) is 0 Å². The summed E-state index contributed by atoms with van der Waals surface area (Å²) in [5, 5.41) is 0. The molecule has 0 amide bonds. The van der Waals surface area contributed by atoms with Crippen LogP contribution in [0.15, 0.2) is 10.6 Å². The van der Waals surface area contributed by atoms with Crippen LogP contribution in [0.25, 0.3) is 0 Å². The summed E-state index contributed by atoms with van der Waals surface area (Å²) in [7, 11) is 0. The van der Waals surface area contributed by atoms with Gasteiger partial charge in [-0.15, -0.1) is 0 Å². The molecular weight excluding hydrogens is 212 g/mol. The molecule has 1 aliphatic carbocycles. The van der Waals surface area contributed by atoms with Gasteiger partial charge in [0.25, 0.3) is 0 Å². The normalized spacial score (nSPS) is 22.8. The van der Waals surface area contributed by atoms with Crippen LogP contribution in [0, 0.1) is 5.92 Å². The molecule has 70 valence electrons. The van der Waals surface area contributed by atoms with E-state index in [4.69, 9.17) is 0 Å². The van der Waals surface area contributed by atoms with E-state index in [2.05, 4.69) is 28.9 Å². The molecule has 0 radical (unpaired) electrons. The lowest BCUT2D eigenvalue weighted by atomic mass is 9.99. The third-order valence-corrected chi connectivity index (χ3v) is 3.27. The Morgan fingerprint density at radius 3 is 2.83 bits per heavy atom. The summed E-state index contributed by atoms with van der Waals surface area (Å²) in [4.78, 5) is 0. The average Bonchev–Trinajstić information content (AvgIpc) is 2.45. The Morgan fingerprint density at radius 2 is 2.25 bits per heavy atom. The van der Waals surface area contributed by atoms with Gasteiger partial charge in [-0.25, -0.2) is 0 Å². The number of rotatable bonds is 5. The van der Waals surface area contributed by atoms with Gasteiger partial charge in [0.1, 0.15) is 0 Å². The SMILES string of the molecule is CCCCCCC1CC=C(Br)C1. The van der Waals surface area contributed by atoms with Gasteiger partial charge in [-0.3, -0.25) is 0 Å². The van der Waals surface area contributed by atoms with Gasteiger partial charge in [-0.05, 0) is 29.7 Å². The molecule has 0 saturated carbocycles. The summed E-state index contributed by atoms with van der Waals surface area (Å²) in [6, 6.07) is 0. The Morgan fingerprint density at radius 1 is 1.42 bits per heavy atom. The van der Waals surface area contributed by atoms with E-state index in [9.17, 15) is 0 Å². The van der Waals surface area contributed by atoms with E-state index in [0.717, 1.165) is 5.92 Å². The van der Waals surface area contributed by atoms with Gasteiger partial charge in [-0.2, -0.15) is 0 Å². The van der Waals surface area contributed by atoms with Crippen molar-refractivity contribution >= 4 is 15.9 Å². The van der Waals surface area contributed by atoms with Crippen molar-refractivity contribution in [2.24, 2.45) is 5.92 Å². The fourth-order valence-electron chi connectivity index (χ4n) is 1.82. The van der Waals surface area contributed by atoms with Crippen LogP contribution in [0.2, 0.25) is 0 Å². The van der Waals surface area contributed by atoms with Crippen LogP contribution in [0.3, 0.4) is 0 Å². The Kier molecular flexibility index (Phi) is 4.98. The molecule has 0 saturated heterocycles. The molecule has 0 aliphatic heterocycles. The quantitative estimate of drug-likeness (QED) is 0.604. The maximum absolute atomic E-state index is 3.56. The summed E-state index contributed by atoms with van der Waals surface area (Å²) >= 11 is 3.56. The lowest BCUT2D eigenvalue weighted by molar-refractivity contribution is 0.479. The monoisotopic (exact) mass is 230 g/mol. The van der Waals surface area contributed by atoms with E-state index in [-0.39, 0.29) is 0 Å². The second kappa shape index (κ2) is 5.80. The largest absolute Gasteiger partial charge is 0.0741 e. The maximum atomic E-state index is 3.56. The molecule has 0 nitrogen and oxygen atoms in total. The fourth-order valence-corrected chi connectivity index (χ4v) is 2.46. The van der Waals surface area contributed by atoms with Gasteiger partial charge < -0.3 is 0 Å². The molecule has 1 heteroatoms. The number of unbranched alkanes of at least 4 members (excludes halogenated alkanes) is 3. The molecule has 1 rings (SSSR count). The summed E-state index contributed by atoms with van der Waals surface area (Å²) in [6.45, 7) is 2.27. The zero-order chi connectivity index (χ0) is 8.81. The molecule has 0 aromatic rings. The topological polar surface area (TPSA) is 0 Å². The van der Waals surface area contributed by atoms with Crippen molar-refractivity contribution < 1.29 is 0 Å². The molecule has 0 aromatic heterocycles. The predicted octanol–water partition coefficient (Wildman–Crippen LogP) is 4.65. The van der Waals surface area contributed by atoms with E-state index >= 15 is 0 Å². The van der Waals surface area contributed by atoms with Crippen molar-refractivity contribution in [2.75, 3.05) is 0 Å². The average molecular weight is 231 g/mol. The minimum atomic E-state index is 0.955. The number of allylic oxidation sites excluding steroid dienone is 2. The molecule has 0 N–H and O–H groups in total. The highest BCUT2D eigenvalue weighted by Gasteiger charge is 2.14. The van der Waals surface area contributed by atoms with Crippen LogP contribution < -0.4 is 0 Å². The van der Waals surface area contributed by atoms with E-state index in [1.807, 2.05) is 0 Å². The summed E-state index contributed by atoms with van der Waals surface area (Å²) in [6.07, 6.45) is 12.0. The van der Waals surface area contributed by atoms with Crippen molar-refractivity contribution in [1.82, 2.24) is 0 Å². The molecule has 0 spiro atoms. The Balaban J connectivity index is 1.95. The fraction of sp³-hybridized carbons (Fsp3) is 0.818. The van der Waals surface area contributed by atoms with Gasteiger partial charge >= 0.3 is 0 Å². The first-order valence-electron chi connectivity index (χ1n) is 5.17. The molecule has 0 aromatic carbocycles. The summed E-state index contributed by atoms with van der Waals surface area (Å²) in [5.74, 6) is 0.955. The molecule has 1 unspecified atom stereocenters. The Hall–Kier alpha value is 0.220. The first-order chi connectivity index (χ1) is 5.83. The molecule has 0 heterocycles.